The lowest BCUT2D eigenvalue weighted by molar-refractivity contribution is 0.615. The summed E-state index contributed by atoms with van der Waals surface area (Å²) in [4.78, 5) is 0. The molecule has 2 aromatic heterocycles. The molecule has 9 aromatic rings. The summed E-state index contributed by atoms with van der Waals surface area (Å²) < 4.78 is 12.1. The summed E-state index contributed by atoms with van der Waals surface area (Å²) in [6.07, 6.45) is 1.74. The van der Waals surface area contributed by atoms with E-state index in [1.165, 1.54) is 49.0 Å². The molecule has 0 saturated carbocycles. The second-order valence-corrected chi connectivity index (χ2v) is 10.5. The molecule has 0 radical (unpaired) electrons. The number of fused-ring (bicyclic) bond motifs is 8. The van der Waals surface area contributed by atoms with Gasteiger partial charge in [0.15, 0.2) is 0 Å². The van der Waals surface area contributed by atoms with Crippen LogP contribution in [0.4, 0.5) is 0 Å². The first kappa shape index (κ1) is 21.6. The molecule has 2 heteroatoms. The van der Waals surface area contributed by atoms with Gasteiger partial charge in [0, 0.05) is 16.2 Å². The van der Waals surface area contributed by atoms with Crippen molar-refractivity contribution in [3.05, 3.63) is 134 Å². The molecule has 7 aromatic carbocycles. The van der Waals surface area contributed by atoms with E-state index >= 15 is 0 Å². The van der Waals surface area contributed by atoms with Gasteiger partial charge in [-0.2, -0.15) is 0 Å². The molecule has 0 spiro atoms. The second kappa shape index (κ2) is 8.08. The van der Waals surface area contributed by atoms with E-state index in [4.69, 9.17) is 8.83 Å². The van der Waals surface area contributed by atoms with E-state index in [1.54, 1.807) is 6.26 Å². The summed E-state index contributed by atoms with van der Waals surface area (Å²) in [5.74, 6) is 0. The lowest BCUT2D eigenvalue weighted by Crippen LogP contribution is -1.91. The first-order valence-electron chi connectivity index (χ1n) is 13.6. The van der Waals surface area contributed by atoms with Gasteiger partial charge in [-0.3, -0.25) is 0 Å². The van der Waals surface area contributed by atoms with Gasteiger partial charge in [-0.1, -0.05) is 91.0 Å². The molecule has 186 valence electrons. The molecule has 0 bridgehead atoms. The second-order valence-electron chi connectivity index (χ2n) is 10.5. The Kier molecular flexibility index (Phi) is 4.36. The number of benzene rings is 7. The summed E-state index contributed by atoms with van der Waals surface area (Å²) in [5.41, 5.74) is 7.51. The normalized spacial score (nSPS) is 12.0. The highest BCUT2D eigenvalue weighted by Crippen LogP contribution is 2.45. The van der Waals surface area contributed by atoms with Crippen LogP contribution in [0.25, 0.3) is 87.5 Å². The van der Waals surface area contributed by atoms with Gasteiger partial charge in [0.25, 0.3) is 0 Å². The number of hydrogen-bond donors (Lipinski definition) is 0. The fourth-order valence-electron chi connectivity index (χ4n) is 6.57. The molecular formula is C38H22O2. The minimum absolute atomic E-state index is 0.876. The van der Waals surface area contributed by atoms with Gasteiger partial charge in [0.05, 0.1) is 6.26 Å². The third kappa shape index (κ3) is 2.99. The molecule has 0 saturated heterocycles. The molecule has 0 aliphatic heterocycles. The Morgan fingerprint density at radius 1 is 0.375 bits per heavy atom. The molecule has 0 N–H and O–H groups in total. The Labute approximate surface area is 229 Å². The van der Waals surface area contributed by atoms with Gasteiger partial charge in [0.1, 0.15) is 16.7 Å². The Morgan fingerprint density at radius 3 is 1.68 bits per heavy atom. The van der Waals surface area contributed by atoms with Crippen molar-refractivity contribution in [2.45, 2.75) is 0 Å². The van der Waals surface area contributed by atoms with Crippen LogP contribution in [0, 0.1) is 0 Å². The van der Waals surface area contributed by atoms with E-state index in [0.29, 0.717) is 0 Å². The third-order valence-electron chi connectivity index (χ3n) is 8.33. The van der Waals surface area contributed by atoms with Crippen molar-refractivity contribution in [2.24, 2.45) is 0 Å². The summed E-state index contributed by atoms with van der Waals surface area (Å²) in [7, 11) is 0. The average Bonchev–Trinajstić information content (AvgIpc) is 3.63. The standard InChI is InChI=1S/C38H22O2/c1-2-8-24-21-25(14-13-23(24)7-1)36-27-9-3-5-11-29(27)37(30-12-6-4-10-28(30)36)26-15-16-31-35(22-26)40-34-18-17-33-32(38(31)34)19-20-39-33/h1-22H. The predicted octanol–water partition coefficient (Wildman–Crippen LogP) is 11.1. The molecule has 9 rings (SSSR count). The number of hydrogen-bond acceptors (Lipinski definition) is 2. The van der Waals surface area contributed by atoms with Crippen molar-refractivity contribution < 1.29 is 8.83 Å². The minimum Gasteiger partial charge on any atom is -0.464 e. The Bertz CT molecular complexity index is 2380. The highest BCUT2D eigenvalue weighted by Gasteiger charge is 2.18. The first-order chi connectivity index (χ1) is 19.8. The maximum Gasteiger partial charge on any atom is 0.136 e. The lowest BCUT2D eigenvalue weighted by atomic mass is 9.85. The molecule has 2 nitrogen and oxygen atoms in total. The fourth-order valence-corrected chi connectivity index (χ4v) is 6.57. The van der Waals surface area contributed by atoms with Crippen LogP contribution in [0.3, 0.4) is 0 Å². The van der Waals surface area contributed by atoms with E-state index in [-0.39, 0.29) is 0 Å². The minimum atomic E-state index is 0.876. The maximum absolute atomic E-state index is 6.41. The maximum atomic E-state index is 6.41. The van der Waals surface area contributed by atoms with Gasteiger partial charge in [-0.15, -0.1) is 0 Å². The molecule has 2 heterocycles. The Morgan fingerprint density at radius 2 is 0.950 bits per heavy atom. The summed E-state index contributed by atoms with van der Waals surface area (Å²) in [5, 5.41) is 10.8. The summed E-state index contributed by atoms with van der Waals surface area (Å²) >= 11 is 0. The van der Waals surface area contributed by atoms with Crippen LogP contribution in [0.5, 0.6) is 0 Å². The summed E-state index contributed by atoms with van der Waals surface area (Å²) in [6.45, 7) is 0. The zero-order valence-corrected chi connectivity index (χ0v) is 21.5. The fraction of sp³-hybridized carbons (Fsp3) is 0. The highest BCUT2D eigenvalue weighted by atomic mass is 16.3. The highest BCUT2D eigenvalue weighted by molar-refractivity contribution is 6.23. The first-order valence-corrected chi connectivity index (χ1v) is 13.6. The van der Waals surface area contributed by atoms with E-state index in [2.05, 4.69) is 109 Å². The van der Waals surface area contributed by atoms with Gasteiger partial charge < -0.3 is 8.83 Å². The van der Waals surface area contributed by atoms with Gasteiger partial charge in [-0.05, 0) is 91.0 Å². The van der Waals surface area contributed by atoms with Crippen LogP contribution in [0.15, 0.2) is 142 Å². The molecule has 0 atom stereocenters. The smallest absolute Gasteiger partial charge is 0.136 e. The largest absolute Gasteiger partial charge is 0.464 e. The van der Waals surface area contributed by atoms with Crippen molar-refractivity contribution in [3.8, 4) is 22.3 Å². The van der Waals surface area contributed by atoms with Crippen LogP contribution >= 0.6 is 0 Å². The zero-order chi connectivity index (χ0) is 26.2. The Hall–Kier alpha value is -5.34. The molecule has 40 heavy (non-hydrogen) atoms. The van der Waals surface area contributed by atoms with E-state index in [1.807, 2.05) is 18.2 Å². The van der Waals surface area contributed by atoms with E-state index in [0.717, 1.165) is 38.5 Å². The number of rotatable bonds is 2. The number of furan rings is 2. The lowest BCUT2D eigenvalue weighted by Gasteiger charge is -2.18. The predicted molar refractivity (Wildman–Crippen MR) is 167 cm³/mol. The topological polar surface area (TPSA) is 26.3 Å². The van der Waals surface area contributed by atoms with Crippen LogP contribution < -0.4 is 0 Å². The molecular weight excluding hydrogens is 488 g/mol. The van der Waals surface area contributed by atoms with Crippen molar-refractivity contribution in [3.63, 3.8) is 0 Å². The zero-order valence-electron chi connectivity index (χ0n) is 21.5. The van der Waals surface area contributed by atoms with E-state index in [9.17, 15) is 0 Å². The summed E-state index contributed by atoms with van der Waals surface area (Å²) in [6, 6.07) is 45.6. The van der Waals surface area contributed by atoms with Crippen LogP contribution in [0.1, 0.15) is 0 Å². The van der Waals surface area contributed by atoms with Crippen LogP contribution in [-0.4, -0.2) is 0 Å². The van der Waals surface area contributed by atoms with Crippen LogP contribution in [0.2, 0.25) is 0 Å². The van der Waals surface area contributed by atoms with Crippen molar-refractivity contribution >= 4 is 65.2 Å². The SMILES string of the molecule is c1ccc2cc(-c3c4ccccc4c(-c4ccc5c(c4)oc4ccc6occc6c45)c4ccccc34)ccc2c1. The molecule has 0 fully saturated rings. The van der Waals surface area contributed by atoms with Crippen molar-refractivity contribution in [2.75, 3.05) is 0 Å². The molecule has 0 aliphatic rings. The quantitative estimate of drug-likeness (QED) is 0.216. The van der Waals surface area contributed by atoms with Gasteiger partial charge in [-0.25, -0.2) is 0 Å². The third-order valence-corrected chi connectivity index (χ3v) is 8.33. The van der Waals surface area contributed by atoms with Crippen molar-refractivity contribution in [1.82, 2.24) is 0 Å². The van der Waals surface area contributed by atoms with Gasteiger partial charge in [0.2, 0.25) is 0 Å². The van der Waals surface area contributed by atoms with Gasteiger partial charge >= 0.3 is 0 Å². The molecule has 0 aliphatic carbocycles. The van der Waals surface area contributed by atoms with Crippen molar-refractivity contribution in [1.29, 1.82) is 0 Å². The Balaban J connectivity index is 1.36. The monoisotopic (exact) mass is 510 g/mol. The molecule has 0 amide bonds. The average molecular weight is 511 g/mol. The van der Waals surface area contributed by atoms with E-state index < -0.39 is 0 Å². The molecule has 0 unspecified atom stereocenters. The van der Waals surface area contributed by atoms with Crippen LogP contribution in [-0.2, 0) is 0 Å².